The van der Waals surface area contributed by atoms with E-state index in [-0.39, 0.29) is 0 Å². The van der Waals surface area contributed by atoms with Crippen LogP contribution in [0.15, 0.2) is 121 Å². The Labute approximate surface area is 241 Å². The molecular weight excluding hydrogens is 502 g/mol. The third-order valence-corrected chi connectivity index (χ3v) is 7.35. The van der Waals surface area contributed by atoms with E-state index in [2.05, 4.69) is 111 Å². The van der Waals surface area contributed by atoms with E-state index >= 15 is 0 Å². The number of aliphatic imine (C=N–C) groups is 1. The highest BCUT2D eigenvalue weighted by atomic mass is 15.2. The van der Waals surface area contributed by atoms with Crippen molar-refractivity contribution in [2.45, 2.75) is 20.3 Å². The minimum atomic E-state index is 0.674. The van der Waals surface area contributed by atoms with E-state index in [0.717, 1.165) is 28.6 Å². The average Bonchev–Trinajstić information content (AvgIpc) is 3.59. The van der Waals surface area contributed by atoms with Gasteiger partial charge >= 0.3 is 0 Å². The minimum Gasteiger partial charge on any atom is -0.361 e. The van der Waals surface area contributed by atoms with Crippen LogP contribution in [-0.4, -0.2) is 39.4 Å². The van der Waals surface area contributed by atoms with Crippen LogP contribution in [0.4, 0.5) is 0 Å². The van der Waals surface area contributed by atoms with E-state index in [0.29, 0.717) is 12.6 Å². The number of rotatable bonds is 2. The summed E-state index contributed by atoms with van der Waals surface area (Å²) in [6.45, 7) is 4.68. The molecule has 0 fully saturated rings. The number of para-hydroxylation sites is 2. The molecular formula is C36H33N5. The van der Waals surface area contributed by atoms with Gasteiger partial charge in [0.15, 0.2) is 0 Å². The lowest BCUT2D eigenvalue weighted by Gasteiger charge is -2.17. The molecule has 0 atom stereocenters. The molecule has 41 heavy (non-hydrogen) atoms. The number of hydrogen-bond acceptors (Lipinski definition) is 4. The van der Waals surface area contributed by atoms with Crippen LogP contribution in [0.5, 0.6) is 0 Å². The largest absolute Gasteiger partial charge is 0.361 e. The third-order valence-electron chi connectivity index (χ3n) is 7.35. The van der Waals surface area contributed by atoms with Gasteiger partial charge in [-0.15, -0.1) is 0 Å². The molecule has 2 aliphatic rings. The maximum Gasteiger partial charge on any atom is 0.234 e. The standard InChI is InChI=1S/C21H17N5.C13H10.C2H6/c1-25-13-16(10-22-14-25)15-11-23-21(24-12-15)26-19-8-4-2-6-17(19)18-7-3-5-9-20(18)26;1-3-7-12-10(5-1)9-11-6-2-4-8-13(11)12;1-2/h2-13H,14H2,1H3;1-8H,9H2;1-2H3. The summed E-state index contributed by atoms with van der Waals surface area (Å²) in [5, 5.41) is 2.42. The monoisotopic (exact) mass is 535 g/mol. The van der Waals surface area contributed by atoms with E-state index in [4.69, 9.17) is 0 Å². The molecule has 0 saturated carbocycles. The predicted octanol–water partition coefficient (Wildman–Crippen LogP) is 8.17. The topological polar surface area (TPSA) is 46.3 Å². The Morgan fingerprint density at radius 3 is 1.71 bits per heavy atom. The van der Waals surface area contributed by atoms with Gasteiger partial charge in [-0.25, -0.2) is 9.97 Å². The molecule has 5 nitrogen and oxygen atoms in total. The SMILES string of the molecule is CC.CN1C=C(c2cnc(-n3c4ccccc4c4ccccc43)nc2)C=NC1.c1ccc2c(c1)Cc1ccccc1-2. The van der Waals surface area contributed by atoms with Crippen molar-refractivity contribution < 1.29 is 0 Å². The highest BCUT2D eigenvalue weighted by molar-refractivity contribution is 6.10. The second kappa shape index (κ2) is 11.6. The van der Waals surface area contributed by atoms with Crippen molar-refractivity contribution in [1.82, 2.24) is 19.4 Å². The Kier molecular flexibility index (Phi) is 7.42. The van der Waals surface area contributed by atoms with Gasteiger partial charge in [0.05, 0.1) is 11.0 Å². The summed E-state index contributed by atoms with van der Waals surface area (Å²) < 4.78 is 2.11. The smallest absolute Gasteiger partial charge is 0.234 e. The van der Waals surface area contributed by atoms with Crippen LogP contribution in [-0.2, 0) is 6.42 Å². The van der Waals surface area contributed by atoms with Crippen LogP contribution in [0.3, 0.4) is 0 Å². The molecule has 3 heterocycles. The van der Waals surface area contributed by atoms with Crippen molar-refractivity contribution in [1.29, 1.82) is 0 Å². The first kappa shape index (κ1) is 26.2. The Morgan fingerprint density at radius 2 is 1.15 bits per heavy atom. The maximum atomic E-state index is 4.65. The van der Waals surface area contributed by atoms with Crippen LogP contribution in [0.2, 0.25) is 0 Å². The highest BCUT2D eigenvalue weighted by Gasteiger charge is 2.16. The Morgan fingerprint density at radius 1 is 0.634 bits per heavy atom. The van der Waals surface area contributed by atoms with Gasteiger partial charge in [-0.2, -0.15) is 0 Å². The summed E-state index contributed by atoms with van der Waals surface area (Å²) in [4.78, 5) is 15.7. The fourth-order valence-corrected chi connectivity index (χ4v) is 5.53. The molecule has 0 N–H and O–H groups in total. The summed E-state index contributed by atoms with van der Waals surface area (Å²) in [6, 6.07) is 34.0. The first-order chi connectivity index (χ1) is 20.3. The molecule has 0 amide bonds. The van der Waals surface area contributed by atoms with Crippen molar-refractivity contribution in [2.24, 2.45) is 4.99 Å². The van der Waals surface area contributed by atoms with Gasteiger partial charge in [0.2, 0.25) is 5.95 Å². The van der Waals surface area contributed by atoms with Gasteiger partial charge in [-0.1, -0.05) is 98.8 Å². The number of allylic oxidation sites excluding steroid dienone is 1. The number of fused-ring (bicyclic) bond motifs is 6. The highest BCUT2D eigenvalue weighted by Crippen LogP contribution is 2.35. The lowest BCUT2D eigenvalue weighted by atomic mass is 10.1. The number of hydrogen-bond donors (Lipinski definition) is 0. The van der Waals surface area contributed by atoms with E-state index in [1.165, 1.54) is 33.0 Å². The molecule has 0 saturated heterocycles. The summed E-state index contributed by atoms with van der Waals surface area (Å²) in [5.41, 5.74) is 9.96. The number of benzene rings is 4. The van der Waals surface area contributed by atoms with Crippen molar-refractivity contribution in [3.8, 4) is 17.1 Å². The van der Waals surface area contributed by atoms with Crippen LogP contribution in [0, 0.1) is 0 Å². The lowest BCUT2D eigenvalue weighted by Crippen LogP contribution is -2.15. The summed E-state index contributed by atoms with van der Waals surface area (Å²) in [5.74, 6) is 0.674. The Hall–Kier alpha value is -5.03. The second-order valence-corrected chi connectivity index (χ2v) is 9.93. The molecule has 8 rings (SSSR count). The zero-order valence-corrected chi connectivity index (χ0v) is 23.7. The van der Waals surface area contributed by atoms with E-state index in [9.17, 15) is 0 Å². The van der Waals surface area contributed by atoms with Crippen molar-refractivity contribution in [2.75, 3.05) is 13.7 Å². The second-order valence-electron chi connectivity index (χ2n) is 9.93. The van der Waals surface area contributed by atoms with Gasteiger partial charge < -0.3 is 4.90 Å². The molecule has 6 aromatic rings. The summed E-state index contributed by atoms with van der Waals surface area (Å²) >= 11 is 0. The molecule has 1 aliphatic carbocycles. The maximum absolute atomic E-state index is 4.65. The molecule has 0 spiro atoms. The molecule has 0 unspecified atom stereocenters. The van der Waals surface area contributed by atoms with Crippen LogP contribution in [0.1, 0.15) is 30.5 Å². The molecule has 0 radical (unpaired) electrons. The van der Waals surface area contributed by atoms with Crippen LogP contribution < -0.4 is 0 Å². The fraction of sp³-hybridized carbons (Fsp3) is 0.139. The van der Waals surface area contributed by atoms with E-state index in [1.807, 2.05) is 56.5 Å². The van der Waals surface area contributed by atoms with Gasteiger partial charge in [-0.3, -0.25) is 9.56 Å². The normalized spacial score (nSPS) is 13.0. The lowest BCUT2D eigenvalue weighted by molar-refractivity contribution is 0.472. The van der Waals surface area contributed by atoms with Crippen LogP contribution >= 0.6 is 0 Å². The molecule has 0 bridgehead atoms. The van der Waals surface area contributed by atoms with Gasteiger partial charge in [0, 0.05) is 53.8 Å². The van der Waals surface area contributed by atoms with Crippen LogP contribution in [0.25, 0.3) is 44.5 Å². The zero-order valence-electron chi connectivity index (χ0n) is 23.7. The Balaban J connectivity index is 0.000000168. The molecule has 2 aromatic heterocycles. The number of aromatic nitrogens is 3. The average molecular weight is 536 g/mol. The third kappa shape index (κ3) is 5.03. The molecule has 1 aliphatic heterocycles. The van der Waals surface area contributed by atoms with Crippen molar-refractivity contribution >= 4 is 33.6 Å². The first-order valence-electron chi connectivity index (χ1n) is 14.2. The summed E-state index contributed by atoms with van der Waals surface area (Å²) in [7, 11) is 2.00. The summed E-state index contributed by atoms with van der Waals surface area (Å²) in [6.07, 6.45) is 8.77. The van der Waals surface area contributed by atoms with Gasteiger partial charge in [-0.05, 0) is 40.8 Å². The fourth-order valence-electron chi connectivity index (χ4n) is 5.53. The quantitative estimate of drug-likeness (QED) is 0.224. The van der Waals surface area contributed by atoms with E-state index in [1.54, 1.807) is 0 Å². The number of nitrogens with zero attached hydrogens (tertiary/aromatic N) is 5. The van der Waals surface area contributed by atoms with Crippen molar-refractivity contribution in [3.63, 3.8) is 0 Å². The van der Waals surface area contributed by atoms with Gasteiger partial charge in [0.25, 0.3) is 0 Å². The van der Waals surface area contributed by atoms with E-state index < -0.39 is 0 Å². The zero-order chi connectivity index (χ0) is 28.2. The molecule has 202 valence electrons. The first-order valence-corrected chi connectivity index (χ1v) is 14.2. The molecule has 4 aromatic carbocycles. The Bertz CT molecular complexity index is 1780. The van der Waals surface area contributed by atoms with Gasteiger partial charge in [0.1, 0.15) is 6.67 Å². The predicted molar refractivity (Wildman–Crippen MR) is 172 cm³/mol. The van der Waals surface area contributed by atoms with Crippen molar-refractivity contribution in [3.05, 3.63) is 132 Å². The molecule has 5 heteroatoms. The minimum absolute atomic E-state index is 0.674.